The molecule has 0 saturated carbocycles. The summed E-state index contributed by atoms with van der Waals surface area (Å²) in [6.45, 7) is 3.21. The van der Waals surface area contributed by atoms with Crippen molar-refractivity contribution < 1.29 is 9.18 Å². The topological polar surface area (TPSA) is 52.9 Å². The van der Waals surface area contributed by atoms with Gasteiger partial charge in [0.05, 0.1) is 16.8 Å². The van der Waals surface area contributed by atoms with Crippen molar-refractivity contribution >= 4 is 23.2 Å². The van der Waals surface area contributed by atoms with Gasteiger partial charge in [-0.3, -0.25) is 4.79 Å². The van der Waals surface area contributed by atoms with Crippen LogP contribution in [0.4, 0.5) is 10.1 Å². The Morgan fingerprint density at radius 3 is 2.76 bits per heavy atom. The normalized spacial score (nSPS) is 13.6. The van der Waals surface area contributed by atoms with Gasteiger partial charge in [-0.05, 0) is 25.5 Å². The van der Waals surface area contributed by atoms with Crippen LogP contribution < -0.4 is 5.32 Å². The summed E-state index contributed by atoms with van der Waals surface area (Å²) in [4.78, 5) is 11.8. The highest BCUT2D eigenvalue weighted by Crippen LogP contribution is 2.28. The molecule has 1 amide bonds. The monoisotopic (exact) mass is 254 g/mol. The van der Waals surface area contributed by atoms with Crippen LogP contribution in [-0.2, 0) is 4.79 Å². The maximum absolute atomic E-state index is 13.4. The molecule has 1 rings (SSSR count). The van der Waals surface area contributed by atoms with Crippen LogP contribution in [0.5, 0.6) is 0 Å². The van der Waals surface area contributed by atoms with Crippen molar-refractivity contribution in [1.82, 2.24) is 0 Å². The first kappa shape index (κ1) is 13.5. The van der Waals surface area contributed by atoms with Gasteiger partial charge in [-0.2, -0.15) is 5.26 Å². The van der Waals surface area contributed by atoms with Crippen LogP contribution >= 0.6 is 11.6 Å². The van der Waals surface area contributed by atoms with Crippen molar-refractivity contribution in [2.75, 3.05) is 5.32 Å². The number of nitrogens with one attached hydrogen (secondary N) is 1. The summed E-state index contributed by atoms with van der Waals surface area (Å²) in [6.07, 6.45) is 0.335. The lowest BCUT2D eigenvalue weighted by atomic mass is 9.88. The molecule has 0 heterocycles. The fourth-order valence-electron chi connectivity index (χ4n) is 1.16. The van der Waals surface area contributed by atoms with Crippen LogP contribution in [0.2, 0.25) is 5.02 Å². The number of hydrogen-bond donors (Lipinski definition) is 1. The van der Waals surface area contributed by atoms with Gasteiger partial charge in [0.25, 0.3) is 0 Å². The molecule has 0 aromatic heterocycles. The Hall–Kier alpha value is -1.60. The molecule has 1 aromatic carbocycles. The third-order valence-electron chi connectivity index (χ3n) is 2.66. The number of carbonyl (C=O) groups excluding carboxylic acids is 1. The predicted octanol–water partition coefficient (Wildman–Crippen LogP) is 3.36. The number of rotatable bonds is 3. The van der Waals surface area contributed by atoms with E-state index in [9.17, 15) is 9.18 Å². The second-order valence-electron chi connectivity index (χ2n) is 3.85. The van der Waals surface area contributed by atoms with Gasteiger partial charge in [0.15, 0.2) is 0 Å². The summed E-state index contributed by atoms with van der Waals surface area (Å²) in [6, 6.07) is 6.01. The summed E-state index contributed by atoms with van der Waals surface area (Å²) in [5, 5.41) is 11.4. The SMILES string of the molecule is CCC(C)(C#N)C(=O)Nc1c(F)cccc1Cl. The van der Waals surface area contributed by atoms with Crippen molar-refractivity contribution in [3.8, 4) is 6.07 Å². The molecule has 5 heteroatoms. The highest BCUT2D eigenvalue weighted by atomic mass is 35.5. The van der Waals surface area contributed by atoms with Crippen LogP contribution in [-0.4, -0.2) is 5.91 Å². The zero-order valence-electron chi connectivity index (χ0n) is 9.55. The Labute approximate surface area is 104 Å². The van der Waals surface area contributed by atoms with Crippen LogP contribution in [0.3, 0.4) is 0 Å². The summed E-state index contributed by atoms with van der Waals surface area (Å²) in [5.74, 6) is -1.18. The molecule has 3 nitrogen and oxygen atoms in total. The van der Waals surface area contributed by atoms with Crippen LogP contribution in [0, 0.1) is 22.6 Å². The van der Waals surface area contributed by atoms with E-state index in [4.69, 9.17) is 16.9 Å². The van der Waals surface area contributed by atoms with Crippen LogP contribution in [0.15, 0.2) is 18.2 Å². The van der Waals surface area contributed by atoms with Gasteiger partial charge in [-0.25, -0.2) is 4.39 Å². The maximum Gasteiger partial charge on any atom is 0.244 e. The minimum atomic E-state index is -1.19. The van der Waals surface area contributed by atoms with E-state index in [-0.39, 0.29) is 10.7 Å². The Morgan fingerprint density at radius 2 is 2.29 bits per heavy atom. The van der Waals surface area contributed by atoms with Gasteiger partial charge in [0.2, 0.25) is 5.91 Å². The lowest BCUT2D eigenvalue weighted by Gasteiger charge is -2.19. The summed E-state index contributed by atoms with van der Waals surface area (Å²) >= 11 is 5.77. The molecule has 1 unspecified atom stereocenters. The molecule has 17 heavy (non-hydrogen) atoms. The van der Waals surface area contributed by atoms with E-state index in [0.717, 1.165) is 0 Å². The predicted molar refractivity (Wildman–Crippen MR) is 64.1 cm³/mol. The summed E-state index contributed by atoms with van der Waals surface area (Å²) in [5.41, 5.74) is -1.28. The highest BCUT2D eigenvalue weighted by molar-refractivity contribution is 6.33. The minimum Gasteiger partial charge on any atom is -0.321 e. The second kappa shape index (κ2) is 5.15. The molecule has 1 atom stereocenters. The molecule has 0 aliphatic carbocycles. The Morgan fingerprint density at radius 1 is 1.65 bits per heavy atom. The molecule has 90 valence electrons. The molecule has 0 fully saturated rings. The highest BCUT2D eigenvalue weighted by Gasteiger charge is 2.32. The molecule has 0 aliphatic rings. The largest absolute Gasteiger partial charge is 0.321 e. The zero-order chi connectivity index (χ0) is 13.1. The Balaban J connectivity index is 3.01. The zero-order valence-corrected chi connectivity index (χ0v) is 10.3. The minimum absolute atomic E-state index is 0.0888. The summed E-state index contributed by atoms with van der Waals surface area (Å²) < 4.78 is 13.4. The first-order valence-corrected chi connectivity index (χ1v) is 5.49. The molecular formula is C12H12ClFN2O. The standard InChI is InChI=1S/C12H12ClFN2O/c1-3-12(2,7-15)11(17)16-10-8(13)5-4-6-9(10)14/h4-6H,3H2,1-2H3,(H,16,17). The van der Waals surface area contributed by atoms with Crippen molar-refractivity contribution in [2.24, 2.45) is 5.41 Å². The van der Waals surface area contributed by atoms with E-state index in [0.29, 0.717) is 6.42 Å². The van der Waals surface area contributed by atoms with E-state index in [1.54, 1.807) is 6.92 Å². The third-order valence-corrected chi connectivity index (χ3v) is 2.97. The fraction of sp³-hybridized carbons (Fsp3) is 0.333. The molecule has 0 radical (unpaired) electrons. The average molecular weight is 255 g/mol. The van der Waals surface area contributed by atoms with Gasteiger partial charge in [-0.1, -0.05) is 24.6 Å². The van der Waals surface area contributed by atoms with Crippen molar-refractivity contribution in [3.05, 3.63) is 29.0 Å². The van der Waals surface area contributed by atoms with E-state index in [2.05, 4.69) is 5.32 Å². The smallest absolute Gasteiger partial charge is 0.244 e. The average Bonchev–Trinajstić information content (AvgIpc) is 2.32. The van der Waals surface area contributed by atoms with Crippen molar-refractivity contribution in [2.45, 2.75) is 20.3 Å². The number of hydrogen-bond acceptors (Lipinski definition) is 2. The second-order valence-corrected chi connectivity index (χ2v) is 4.26. The Bertz CT molecular complexity index is 464. The number of benzene rings is 1. The molecule has 0 saturated heterocycles. The van der Waals surface area contributed by atoms with Gasteiger partial charge < -0.3 is 5.32 Å². The van der Waals surface area contributed by atoms with Crippen molar-refractivity contribution in [1.29, 1.82) is 5.26 Å². The third kappa shape index (κ3) is 2.75. The molecule has 0 spiro atoms. The molecular weight excluding hydrogens is 243 g/mol. The van der Waals surface area contributed by atoms with E-state index >= 15 is 0 Å². The molecule has 1 aromatic rings. The number of nitriles is 1. The van der Waals surface area contributed by atoms with Crippen LogP contribution in [0.25, 0.3) is 0 Å². The van der Waals surface area contributed by atoms with Gasteiger partial charge in [-0.15, -0.1) is 0 Å². The number of nitrogens with zero attached hydrogens (tertiary/aromatic N) is 1. The number of halogens is 2. The summed E-state index contributed by atoms with van der Waals surface area (Å²) in [7, 11) is 0. The van der Waals surface area contributed by atoms with Crippen molar-refractivity contribution in [3.63, 3.8) is 0 Å². The quantitative estimate of drug-likeness (QED) is 0.899. The fourth-order valence-corrected chi connectivity index (χ4v) is 1.37. The first-order chi connectivity index (χ1) is 7.94. The van der Waals surface area contributed by atoms with Gasteiger partial charge in [0.1, 0.15) is 11.2 Å². The van der Waals surface area contributed by atoms with E-state index in [1.165, 1.54) is 25.1 Å². The molecule has 1 N–H and O–H groups in total. The number of para-hydroxylation sites is 1. The molecule has 0 aliphatic heterocycles. The first-order valence-electron chi connectivity index (χ1n) is 5.11. The number of amides is 1. The van der Waals surface area contributed by atoms with Gasteiger partial charge in [0, 0.05) is 0 Å². The lowest BCUT2D eigenvalue weighted by Crippen LogP contribution is -2.32. The Kier molecular flexibility index (Phi) is 4.08. The van der Waals surface area contributed by atoms with Gasteiger partial charge >= 0.3 is 0 Å². The molecule has 0 bridgehead atoms. The van der Waals surface area contributed by atoms with Crippen LogP contribution in [0.1, 0.15) is 20.3 Å². The number of carbonyl (C=O) groups is 1. The number of anilines is 1. The maximum atomic E-state index is 13.4. The van der Waals surface area contributed by atoms with E-state index < -0.39 is 17.1 Å². The lowest BCUT2D eigenvalue weighted by molar-refractivity contribution is -0.122. The van der Waals surface area contributed by atoms with E-state index in [1.807, 2.05) is 6.07 Å².